The average molecular weight is 462 g/mol. The molecule has 1 rings (SSSR count). The number of hydrogen-bond acceptors (Lipinski definition) is 4. The topological polar surface area (TPSA) is 81.8 Å². The highest BCUT2D eigenvalue weighted by atomic mass is 127. The Hall–Kier alpha value is -1.30. The number of alkyl halides is 3. The summed E-state index contributed by atoms with van der Waals surface area (Å²) < 4.78 is 45.7. The minimum absolute atomic E-state index is 0. The summed E-state index contributed by atoms with van der Waals surface area (Å²) in [5, 5.41) is 2.94. The highest BCUT2D eigenvalue weighted by Gasteiger charge is 2.28. The van der Waals surface area contributed by atoms with Crippen molar-refractivity contribution in [2.45, 2.75) is 26.1 Å². The molecular formula is C14H22F3IN4O2. The lowest BCUT2D eigenvalue weighted by atomic mass is 10.3. The SMILES string of the molecule is CCOCCCNC(N)=NCc1ccc(OCC(F)(F)F)nc1.I. The maximum atomic E-state index is 12.0. The van der Waals surface area contributed by atoms with Crippen LogP contribution in [0.2, 0.25) is 0 Å². The molecule has 0 atom stereocenters. The molecule has 0 saturated heterocycles. The number of ether oxygens (including phenoxy) is 2. The van der Waals surface area contributed by atoms with Crippen molar-refractivity contribution in [2.75, 3.05) is 26.4 Å². The third kappa shape index (κ3) is 11.3. The summed E-state index contributed by atoms with van der Waals surface area (Å²) in [6.07, 6.45) is -2.17. The summed E-state index contributed by atoms with van der Waals surface area (Å²) >= 11 is 0. The lowest BCUT2D eigenvalue weighted by molar-refractivity contribution is -0.154. The van der Waals surface area contributed by atoms with E-state index in [1.807, 2.05) is 6.92 Å². The number of guanidine groups is 1. The van der Waals surface area contributed by atoms with E-state index in [1.54, 1.807) is 6.07 Å². The Morgan fingerprint density at radius 3 is 2.71 bits per heavy atom. The van der Waals surface area contributed by atoms with Crippen molar-refractivity contribution in [3.05, 3.63) is 23.9 Å². The highest BCUT2D eigenvalue weighted by molar-refractivity contribution is 14.0. The third-order valence-electron chi connectivity index (χ3n) is 2.59. The molecular weight excluding hydrogens is 440 g/mol. The van der Waals surface area contributed by atoms with Crippen LogP contribution < -0.4 is 15.8 Å². The van der Waals surface area contributed by atoms with Gasteiger partial charge in [0, 0.05) is 32.0 Å². The average Bonchev–Trinajstić information content (AvgIpc) is 2.51. The van der Waals surface area contributed by atoms with Gasteiger partial charge in [0.05, 0.1) is 6.54 Å². The molecule has 0 aliphatic rings. The van der Waals surface area contributed by atoms with Crippen molar-refractivity contribution in [1.29, 1.82) is 0 Å². The lowest BCUT2D eigenvalue weighted by Crippen LogP contribution is -2.32. The Morgan fingerprint density at radius 1 is 1.38 bits per heavy atom. The standard InChI is InChI=1S/C14H21F3N4O2.HI/c1-2-22-7-3-6-19-13(18)21-9-11-4-5-12(20-8-11)23-10-14(15,16)17;/h4-5,8H,2-3,6-7,9-10H2,1H3,(H3,18,19,21);1H. The monoisotopic (exact) mass is 462 g/mol. The van der Waals surface area contributed by atoms with Gasteiger partial charge in [0.15, 0.2) is 12.6 Å². The van der Waals surface area contributed by atoms with E-state index in [0.29, 0.717) is 31.3 Å². The van der Waals surface area contributed by atoms with Crippen LogP contribution in [-0.4, -0.2) is 43.5 Å². The minimum atomic E-state index is -4.38. The Labute approximate surface area is 156 Å². The van der Waals surface area contributed by atoms with Gasteiger partial charge in [0.1, 0.15) is 0 Å². The smallest absolute Gasteiger partial charge is 0.422 e. The van der Waals surface area contributed by atoms with Crippen LogP contribution in [0.1, 0.15) is 18.9 Å². The Balaban J connectivity index is 0.00000529. The van der Waals surface area contributed by atoms with Crippen LogP contribution in [0.4, 0.5) is 13.2 Å². The van der Waals surface area contributed by atoms with Crippen LogP contribution in [0.25, 0.3) is 0 Å². The summed E-state index contributed by atoms with van der Waals surface area (Å²) in [4.78, 5) is 7.90. The number of hydrogen-bond donors (Lipinski definition) is 2. The van der Waals surface area contributed by atoms with Crippen LogP contribution in [0.15, 0.2) is 23.3 Å². The Kier molecular flexibility index (Phi) is 11.5. The van der Waals surface area contributed by atoms with Gasteiger partial charge in [0.25, 0.3) is 0 Å². The number of rotatable bonds is 9. The van der Waals surface area contributed by atoms with Crippen LogP contribution in [0.3, 0.4) is 0 Å². The van der Waals surface area contributed by atoms with Crippen molar-refractivity contribution in [1.82, 2.24) is 10.3 Å². The van der Waals surface area contributed by atoms with Crippen LogP contribution in [-0.2, 0) is 11.3 Å². The zero-order valence-electron chi connectivity index (χ0n) is 13.3. The van der Waals surface area contributed by atoms with Gasteiger partial charge in [-0.1, -0.05) is 6.07 Å². The molecule has 0 saturated carbocycles. The molecule has 0 spiro atoms. The van der Waals surface area contributed by atoms with Crippen LogP contribution in [0.5, 0.6) is 5.88 Å². The van der Waals surface area contributed by atoms with Gasteiger partial charge in [-0.25, -0.2) is 9.98 Å². The highest BCUT2D eigenvalue weighted by Crippen LogP contribution is 2.17. The fourth-order valence-electron chi connectivity index (χ4n) is 1.51. The summed E-state index contributed by atoms with van der Waals surface area (Å²) in [6.45, 7) is 2.82. The normalized spacial score (nSPS) is 11.8. The van der Waals surface area contributed by atoms with Gasteiger partial charge in [0.2, 0.25) is 5.88 Å². The second-order valence-electron chi connectivity index (χ2n) is 4.59. The fourth-order valence-corrected chi connectivity index (χ4v) is 1.51. The summed E-state index contributed by atoms with van der Waals surface area (Å²) in [5.41, 5.74) is 6.40. The number of aromatic nitrogens is 1. The molecule has 3 N–H and O–H groups in total. The molecule has 0 bridgehead atoms. The van der Waals surface area contributed by atoms with Gasteiger partial charge < -0.3 is 20.5 Å². The summed E-state index contributed by atoms with van der Waals surface area (Å²) in [6, 6.07) is 2.95. The molecule has 24 heavy (non-hydrogen) atoms. The van der Waals surface area contributed by atoms with E-state index >= 15 is 0 Å². The first-order valence-electron chi connectivity index (χ1n) is 7.16. The van der Waals surface area contributed by atoms with E-state index in [2.05, 4.69) is 20.0 Å². The van der Waals surface area contributed by atoms with Crippen molar-refractivity contribution in [3.63, 3.8) is 0 Å². The zero-order valence-corrected chi connectivity index (χ0v) is 15.6. The Bertz CT molecular complexity index is 484. The van der Waals surface area contributed by atoms with Crippen LogP contribution >= 0.6 is 24.0 Å². The van der Waals surface area contributed by atoms with E-state index in [1.165, 1.54) is 12.3 Å². The van der Waals surface area contributed by atoms with Gasteiger partial charge in [-0.05, 0) is 18.9 Å². The molecule has 1 aromatic rings. The van der Waals surface area contributed by atoms with Gasteiger partial charge in [-0.2, -0.15) is 13.2 Å². The molecule has 0 aliphatic heterocycles. The zero-order chi connectivity index (χ0) is 17.1. The Morgan fingerprint density at radius 2 is 2.12 bits per heavy atom. The van der Waals surface area contributed by atoms with Gasteiger partial charge in [-0.15, -0.1) is 24.0 Å². The second-order valence-corrected chi connectivity index (χ2v) is 4.59. The molecule has 1 heterocycles. The van der Waals surface area contributed by atoms with Crippen molar-refractivity contribution >= 4 is 29.9 Å². The number of nitrogens with zero attached hydrogens (tertiary/aromatic N) is 2. The van der Waals surface area contributed by atoms with E-state index in [0.717, 1.165) is 6.42 Å². The molecule has 0 unspecified atom stereocenters. The molecule has 0 radical (unpaired) electrons. The molecule has 0 fully saturated rings. The minimum Gasteiger partial charge on any atom is -0.468 e. The maximum absolute atomic E-state index is 12.0. The molecule has 1 aromatic heterocycles. The van der Waals surface area contributed by atoms with Gasteiger partial charge in [-0.3, -0.25) is 0 Å². The summed E-state index contributed by atoms with van der Waals surface area (Å²) in [7, 11) is 0. The predicted molar refractivity (Wildman–Crippen MR) is 95.6 cm³/mol. The predicted octanol–water partition coefficient (Wildman–Crippen LogP) is 2.47. The van der Waals surface area contributed by atoms with Crippen molar-refractivity contribution in [2.24, 2.45) is 10.7 Å². The molecule has 6 nitrogen and oxygen atoms in total. The molecule has 10 heteroatoms. The number of halogens is 4. The van der Waals surface area contributed by atoms with Crippen LogP contribution in [0, 0.1) is 0 Å². The molecule has 138 valence electrons. The van der Waals surface area contributed by atoms with E-state index in [9.17, 15) is 13.2 Å². The van der Waals surface area contributed by atoms with Crippen molar-refractivity contribution in [3.8, 4) is 5.88 Å². The molecule has 0 aliphatic carbocycles. The van der Waals surface area contributed by atoms with Gasteiger partial charge >= 0.3 is 6.18 Å². The fraction of sp³-hybridized carbons (Fsp3) is 0.571. The first kappa shape index (κ1) is 22.7. The number of aliphatic imine (C=N–C) groups is 1. The quantitative estimate of drug-likeness (QED) is 0.255. The maximum Gasteiger partial charge on any atom is 0.422 e. The second kappa shape index (κ2) is 12.1. The van der Waals surface area contributed by atoms with E-state index in [-0.39, 0.29) is 36.4 Å². The summed E-state index contributed by atoms with van der Waals surface area (Å²) in [5.74, 6) is 0.205. The number of nitrogens with one attached hydrogen (secondary N) is 1. The first-order chi connectivity index (χ1) is 10.9. The molecule has 0 amide bonds. The van der Waals surface area contributed by atoms with Crippen molar-refractivity contribution < 1.29 is 22.6 Å². The number of pyridine rings is 1. The molecule has 0 aromatic carbocycles. The first-order valence-corrected chi connectivity index (χ1v) is 7.16. The number of nitrogens with two attached hydrogens (primary N) is 1. The lowest BCUT2D eigenvalue weighted by Gasteiger charge is -2.08. The van der Waals surface area contributed by atoms with E-state index < -0.39 is 12.8 Å². The van der Waals surface area contributed by atoms with E-state index in [4.69, 9.17) is 10.5 Å². The third-order valence-corrected chi connectivity index (χ3v) is 2.59. The largest absolute Gasteiger partial charge is 0.468 e.